The van der Waals surface area contributed by atoms with Crippen LogP contribution in [0.3, 0.4) is 0 Å². The summed E-state index contributed by atoms with van der Waals surface area (Å²) in [7, 11) is 0. The smallest absolute Gasteiger partial charge is 0.262 e. The first-order valence-electron chi connectivity index (χ1n) is 8.97. The molecule has 0 aliphatic rings. The van der Waals surface area contributed by atoms with Crippen LogP contribution >= 0.6 is 22.9 Å². The molecule has 0 unspecified atom stereocenters. The highest BCUT2D eigenvalue weighted by molar-refractivity contribution is 7.13. The zero-order chi connectivity index (χ0) is 20.1. The Balaban J connectivity index is 1.43. The summed E-state index contributed by atoms with van der Waals surface area (Å²) in [6, 6.07) is 24.5. The number of nitrogens with zero attached hydrogens (tertiary/aromatic N) is 1. The molecule has 4 nitrogen and oxygen atoms in total. The van der Waals surface area contributed by atoms with E-state index in [1.165, 1.54) is 0 Å². The van der Waals surface area contributed by atoms with E-state index in [4.69, 9.17) is 21.3 Å². The third-order valence-corrected chi connectivity index (χ3v) is 5.29. The first-order valence-corrected chi connectivity index (χ1v) is 10.2. The van der Waals surface area contributed by atoms with Gasteiger partial charge in [0.05, 0.1) is 5.69 Å². The van der Waals surface area contributed by atoms with Crippen molar-refractivity contribution in [3.8, 4) is 27.6 Å². The number of aromatic nitrogens is 1. The van der Waals surface area contributed by atoms with Gasteiger partial charge in [0.25, 0.3) is 5.91 Å². The average Bonchev–Trinajstić information content (AvgIpc) is 3.24. The first kappa shape index (κ1) is 19.2. The number of thiazole rings is 1. The van der Waals surface area contributed by atoms with E-state index in [-0.39, 0.29) is 12.5 Å². The summed E-state index contributed by atoms with van der Waals surface area (Å²) < 4.78 is 5.48. The van der Waals surface area contributed by atoms with Gasteiger partial charge in [0, 0.05) is 27.2 Å². The van der Waals surface area contributed by atoms with E-state index < -0.39 is 0 Å². The minimum atomic E-state index is -0.217. The summed E-state index contributed by atoms with van der Waals surface area (Å²) in [5, 5.41) is 6.49. The SMILES string of the molecule is O=C(COc1ccccc1)Nc1cccc(-c2csc(-c3ccc(Cl)cc3)n2)c1. The van der Waals surface area contributed by atoms with Gasteiger partial charge in [-0.1, -0.05) is 54.1 Å². The number of hydrogen-bond acceptors (Lipinski definition) is 4. The van der Waals surface area contributed by atoms with E-state index >= 15 is 0 Å². The van der Waals surface area contributed by atoms with E-state index in [9.17, 15) is 4.79 Å². The molecule has 0 aliphatic carbocycles. The van der Waals surface area contributed by atoms with Crippen molar-refractivity contribution in [1.29, 1.82) is 0 Å². The number of rotatable bonds is 6. The molecule has 0 bridgehead atoms. The van der Waals surface area contributed by atoms with Crippen molar-refractivity contribution in [3.63, 3.8) is 0 Å². The lowest BCUT2D eigenvalue weighted by molar-refractivity contribution is -0.118. The number of benzene rings is 3. The van der Waals surface area contributed by atoms with Gasteiger partial charge >= 0.3 is 0 Å². The fraction of sp³-hybridized carbons (Fsp3) is 0.0435. The average molecular weight is 421 g/mol. The lowest BCUT2D eigenvalue weighted by atomic mass is 10.1. The van der Waals surface area contributed by atoms with Gasteiger partial charge in [0.1, 0.15) is 10.8 Å². The highest BCUT2D eigenvalue weighted by atomic mass is 35.5. The minimum Gasteiger partial charge on any atom is -0.484 e. The van der Waals surface area contributed by atoms with Crippen LogP contribution in [0.2, 0.25) is 5.02 Å². The maximum absolute atomic E-state index is 12.2. The van der Waals surface area contributed by atoms with Crippen LogP contribution in [0.5, 0.6) is 5.75 Å². The van der Waals surface area contributed by atoms with E-state index in [1.54, 1.807) is 11.3 Å². The van der Waals surface area contributed by atoms with Crippen LogP contribution in [-0.4, -0.2) is 17.5 Å². The van der Waals surface area contributed by atoms with Gasteiger partial charge in [-0.15, -0.1) is 11.3 Å². The molecule has 4 rings (SSSR count). The van der Waals surface area contributed by atoms with Crippen LogP contribution in [0.25, 0.3) is 21.8 Å². The number of carbonyl (C=O) groups is 1. The minimum absolute atomic E-state index is 0.0499. The molecule has 1 aromatic heterocycles. The van der Waals surface area contributed by atoms with Gasteiger partial charge in [-0.3, -0.25) is 4.79 Å². The van der Waals surface area contributed by atoms with Gasteiger partial charge in [-0.05, 0) is 36.4 Å². The molecule has 0 saturated carbocycles. The van der Waals surface area contributed by atoms with Crippen LogP contribution < -0.4 is 10.1 Å². The summed E-state index contributed by atoms with van der Waals surface area (Å²) in [6.07, 6.45) is 0. The van der Waals surface area contributed by atoms with Crippen LogP contribution in [0.1, 0.15) is 0 Å². The number of anilines is 1. The molecular formula is C23H17ClN2O2S. The predicted molar refractivity (Wildman–Crippen MR) is 119 cm³/mol. The Bertz CT molecular complexity index is 1110. The molecule has 0 fully saturated rings. The van der Waals surface area contributed by atoms with Crippen LogP contribution in [0.4, 0.5) is 5.69 Å². The van der Waals surface area contributed by atoms with Crippen LogP contribution in [0, 0.1) is 0 Å². The summed E-state index contributed by atoms with van der Waals surface area (Å²) in [6.45, 7) is -0.0499. The van der Waals surface area contributed by atoms with Crippen molar-refractivity contribution in [3.05, 3.63) is 89.3 Å². The van der Waals surface area contributed by atoms with Gasteiger partial charge < -0.3 is 10.1 Å². The zero-order valence-corrected chi connectivity index (χ0v) is 16.9. The predicted octanol–water partition coefficient (Wildman–Crippen LogP) is 6.15. The van der Waals surface area contributed by atoms with E-state index in [1.807, 2.05) is 84.2 Å². The number of ether oxygens (including phenoxy) is 1. The second-order valence-electron chi connectivity index (χ2n) is 6.28. The third-order valence-electron chi connectivity index (χ3n) is 4.15. The molecule has 0 aliphatic heterocycles. The van der Waals surface area contributed by atoms with Gasteiger partial charge in [-0.2, -0.15) is 0 Å². The van der Waals surface area contributed by atoms with Gasteiger partial charge in [-0.25, -0.2) is 4.98 Å². The molecule has 0 atom stereocenters. The molecule has 0 saturated heterocycles. The molecule has 1 N–H and O–H groups in total. The molecule has 0 spiro atoms. The number of para-hydroxylation sites is 1. The summed E-state index contributed by atoms with van der Waals surface area (Å²) in [4.78, 5) is 16.9. The molecule has 1 heterocycles. The Hall–Kier alpha value is -3.15. The monoisotopic (exact) mass is 420 g/mol. The molecule has 6 heteroatoms. The second kappa shape index (κ2) is 8.90. The molecule has 144 valence electrons. The van der Waals surface area contributed by atoms with E-state index in [0.717, 1.165) is 21.8 Å². The van der Waals surface area contributed by atoms with Crippen molar-refractivity contribution < 1.29 is 9.53 Å². The number of carbonyl (C=O) groups excluding carboxylic acids is 1. The lowest BCUT2D eigenvalue weighted by Crippen LogP contribution is -2.20. The largest absolute Gasteiger partial charge is 0.484 e. The Morgan fingerprint density at radius 1 is 0.966 bits per heavy atom. The molecule has 0 radical (unpaired) electrons. The highest BCUT2D eigenvalue weighted by Crippen LogP contribution is 2.30. The number of halogens is 1. The maximum atomic E-state index is 12.2. The van der Waals surface area contributed by atoms with E-state index in [2.05, 4.69) is 5.32 Å². The maximum Gasteiger partial charge on any atom is 0.262 e. The summed E-state index contributed by atoms with van der Waals surface area (Å²) in [5.41, 5.74) is 3.51. The van der Waals surface area contributed by atoms with Gasteiger partial charge in [0.15, 0.2) is 6.61 Å². The van der Waals surface area contributed by atoms with Crippen LogP contribution in [0.15, 0.2) is 84.2 Å². The Morgan fingerprint density at radius 3 is 2.55 bits per heavy atom. The normalized spacial score (nSPS) is 10.5. The molecule has 1 amide bonds. The lowest BCUT2D eigenvalue weighted by Gasteiger charge is -2.08. The number of hydrogen-bond donors (Lipinski definition) is 1. The topological polar surface area (TPSA) is 51.2 Å². The third kappa shape index (κ3) is 5.02. The Kier molecular flexibility index (Phi) is 5.89. The number of nitrogens with one attached hydrogen (secondary N) is 1. The Morgan fingerprint density at radius 2 is 1.76 bits per heavy atom. The number of amides is 1. The van der Waals surface area contributed by atoms with Crippen LogP contribution in [-0.2, 0) is 4.79 Å². The standard InChI is InChI=1S/C23H17ClN2O2S/c24-18-11-9-16(10-12-18)23-26-21(15-29-23)17-5-4-6-19(13-17)25-22(27)14-28-20-7-2-1-3-8-20/h1-13,15H,14H2,(H,25,27). The summed E-state index contributed by atoms with van der Waals surface area (Å²) in [5.74, 6) is 0.444. The first-order chi connectivity index (χ1) is 14.2. The molecule has 4 aromatic rings. The van der Waals surface area contributed by atoms with Gasteiger partial charge in [0.2, 0.25) is 0 Å². The van der Waals surface area contributed by atoms with E-state index in [0.29, 0.717) is 16.5 Å². The van der Waals surface area contributed by atoms with Crippen molar-refractivity contribution >= 4 is 34.5 Å². The second-order valence-corrected chi connectivity index (χ2v) is 7.57. The molecule has 3 aromatic carbocycles. The molecular weight excluding hydrogens is 404 g/mol. The quantitative estimate of drug-likeness (QED) is 0.407. The fourth-order valence-electron chi connectivity index (χ4n) is 2.75. The Labute approximate surface area is 177 Å². The molecule has 29 heavy (non-hydrogen) atoms. The van der Waals surface area contributed by atoms with Crippen molar-refractivity contribution in [2.75, 3.05) is 11.9 Å². The van der Waals surface area contributed by atoms with Crippen molar-refractivity contribution in [2.45, 2.75) is 0 Å². The van der Waals surface area contributed by atoms with Crippen molar-refractivity contribution in [2.24, 2.45) is 0 Å². The zero-order valence-electron chi connectivity index (χ0n) is 15.3. The highest BCUT2D eigenvalue weighted by Gasteiger charge is 2.09. The summed E-state index contributed by atoms with van der Waals surface area (Å²) >= 11 is 7.52. The fourth-order valence-corrected chi connectivity index (χ4v) is 3.71. The van der Waals surface area contributed by atoms with Crippen molar-refractivity contribution in [1.82, 2.24) is 4.98 Å².